The Labute approximate surface area is 687 Å². The average Bonchev–Trinajstić information content (AvgIpc) is 0.743. The average molecular weight is 1690 g/mol. The monoisotopic (exact) mass is 1690 g/mol. The van der Waals surface area contributed by atoms with Crippen molar-refractivity contribution in [2.75, 3.05) is 82.4 Å². The van der Waals surface area contributed by atoms with Crippen molar-refractivity contribution < 1.29 is 86.3 Å². The number of rotatable bonds is 29. The van der Waals surface area contributed by atoms with Crippen LogP contribution in [0.5, 0.6) is 23.0 Å². The van der Waals surface area contributed by atoms with Crippen molar-refractivity contribution in [3.05, 3.63) is 181 Å². The van der Waals surface area contributed by atoms with Gasteiger partial charge >= 0.3 is 11.9 Å². The Kier molecular flexibility index (Phi) is 35.4. The number of benzene rings is 8. The Morgan fingerprint density at radius 3 is 1.51 bits per heavy atom. The molecule has 2 unspecified atom stereocenters. The fourth-order valence-corrected chi connectivity index (χ4v) is 15.1. The van der Waals surface area contributed by atoms with Crippen molar-refractivity contribution in [1.82, 2.24) is 42.1 Å². The summed E-state index contributed by atoms with van der Waals surface area (Å²) >= 11 is 0. The van der Waals surface area contributed by atoms with E-state index in [1.54, 1.807) is 28.4 Å². The van der Waals surface area contributed by atoms with Crippen molar-refractivity contribution in [3.8, 4) is 45.3 Å². The van der Waals surface area contributed by atoms with Crippen LogP contribution in [0.3, 0.4) is 0 Å². The molecule has 8 aromatic rings. The predicted molar refractivity (Wildman–Crippen MR) is 456 cm³/mol. The van der Waals surface area contributed by atoms with Crippen LogP contribution in [0.4, 0.5) is 0 Å². The van der Waals surface area contributed by atoms with Crippen LogP contribution in [0.1, 0.15) is 74.6 Å². The van der Waals surface area contributed by atoms with E-state index in [1.807, 2.05) is 154 Å². The number of nitrogens with zero attached hydrogens (tertiary/aromatic N) is 2. The van der Waals surface area contributed by atoms with Crippen LogP contribution in [-0.4, -0.2) is 178 Å². The summed E-state index contributed by atoms with van der Waals surface area (Å²) in [5.74, 6) is -1.70. The van der Waals surface area contributed by atoms with Gasteiger partial charge in [-0.1, -0.05) is 121 Å². The normalized spacial score (nSPS) is 15.3. The van der Waals surface area contributed by atoms with Gasteiger partial charge in [-0.3, -0.25) is 38.8 Å². The molecule has 29 heteroatoms. The van der Waals surface area contributed by atoms with E-state index in [9.17, 15) is 38.4 Å². The molecular formula is C86H106N12O14P2Ru. The Morgan fingerprint density at radius 1 is 0.557 bits per heavy atom. The minimum absolute atomic E-state index is 0. The maximum atomic E-state index is 14.3. The molecule has 0 spiro atoms. The first-order chi connectivity index (χ1) is 54.8. The van der Waals surface area contributed by atoms with Crippen molar-refractivity contribution >= 4 is 119 Å². The van der Waals surface area contributed by atoms with Gasteiger partial charge in [-0.25, -0.2) is 9.59 Å². The van der Waals surface area contributed by atoms with Gasteiger partial charge in [0.1, 0.15) is 59.2 Å². The summed E-state index contributed by atoms with van der Waals surface area (Å²) in [5, 5.41) is 30.4. The topological polar surface area (TPSA) is 365 Å². The van der Waals surface area contributed by atoms with Crippen LogP contribution >= 0.6 is 16.1 Å². The molecule has 4 bridgehead atoms. The summed E-state index contributed by atoms with van der Waals surface area (Å²) in [4.78, 5) is 116. The summed E-state index contributed by atoms with van der Waals surface area (Å²) in [6.45, 7) is 18.9. The fourth-order valence-electron chi connectivity index (χ4n) is 14.1. The minimum Gasteiger partial charge on any atom is -0.496 e. The maximum absolute atomic E-state index is 14.3. The molecule has 12 N–H and O–H groups in total. The molecule has 115 heavy (non-hydrogen) atoms. The summed E-state index contributed by atoms with van der Waals surface area (Å²) in [5.41, 5.74) is 18.3. The number of allylic oxidation sites excluding steroid dienone is 2. The number of nitrogens with two attached hydrogens (primary N) is 2. The molecular weight excluding hydrogens is 1590 g/mol. The van der Waals surface area contributed by atoms with E-state index in [0.717, 1.165) is 76.5 Å². The number of amides is 6. The van der Waals surface area contributed by atoms with Crippen LogP contribution in [0.2, 0.25) is 0 Å². The molecule has 0 aromatic heterocycles. The number of hydrogen-bond donors (Lipinski definition) is 10. The molecule has 6 atom stereocenters. The van der Waals surface area contributed by atoms with E-state index in [-0.39, 0.29) is 77.1 Å². The molecule has 0 saturated heterocycles. The van der Waals surface area contributed by atoms with E-state index in [0.29, 0.717) is 65.8 Å². The molecule has 6 amide bonds. The van der Waals surface area contributed by atoms with Crippen LogP contribution < -0.4 is 72.5 Å². The number of nitrogens with one attached hydrogen (secondary N) is 8. The van der Waals surface area contributed by atoms with Crippen LogP contribution in [0.25, 0.3) is 65.3 Å². The number of aliphatic imine (C=N–C) groups is 2. The molecule has 612 valence electrons. The number of fused-ring (bicyclic) bond motifs is 11. The Balaban J connectivity index is 0.000000316. The van der Waals surface area contributed by atoms with Gasteiger partial charge in [0.05, 0.1) is 42.7 Å². The number of ether oxygens (including phenoxy) is 6. The van der Waals surface area contributed by atoms with E-state index in [2.05, 4.69) is 77.4 Å². The smallest absolute Gasteiger partial charge is 0.328 e. The van der Waals surface area contributed by atoms with Crippen LogP contribution in [0.15, 0.2) is 169 Å². The van der Waals surface area contributed by atoms with Gasteiger partial charge in [0.25, 0.3) is 0 Å². The molecule has 0 fully saturated rings. The molecule has 1 aliphatic rings. The molecule has 0 saturated carbocycles. The van der Waals surface area contributed by atoms with Crippen molar-refractivity contribution in [2.24, 2.45) is 21.5 Å². The van der Waals surface area contributed by atoms with Gasteiger partial charge in [-0.15, -0.1) is 13.2 Å². The van der Waals surface area contributed by atoms with Crippen molar-refractivity contribution in [1.29, 1.82) is 0 Å². The summed E-state index contributed by atoms with van der Waals surface area (Å²) in [7, 11) is 7.85. The van der Waals surface area contributed by atoms with E-state index >= 15 is 0 Å². The summed E-state index contributed by atoms with van der Waals surface area (Å²) in [6, 6.07) is 33.4. The third kappa shape index (κ3) is 24.3. The second-order valence-corrected chi connectivity index (χ2v) is 31.6. The first kappa shape index (κ1) is 91.2. The molecule has 26 nitrogen and oxygen atoms in total. The van der Waals surface area contributed by atoms with Gasteiger partial charge in [-0.2, -0.15) is 0 Å². The minimum atomic E-state index is -1.14. The maximum Gasteiger partial charge on any atom is 0.328 e. The zero-order valence-corrected chi connectivity index (χ0v) is 70.8. The Bertz CT molecular complexity index is 4940. The third-order valence-electron chi connectivity index (χ3n) is 18.9. The Morgan fingerprint density at radius 2 is 1.03 bits per heavy atom. The van der Waals surface area contributed by atoms with Crippen molar-refractivity contribution in [3.63, 3.8) is 0 Å². The van der Waals surface area contributed by atoms with Gasteiger partial charge in [0.15, 0.2) is 11.9 Å². The number of guanidine groups is 2. The zero-order chi connectivity index (χ0) is 82.7. The third-order valence-corrected chi connectivity index (χ3v) is 20.3. The zero-order valence-electron chi connectivity index (χ0n) is 67.2. The van der Waals surface area contributed by atoms with Gasteiger partial charge < -0.3 is 82.0 Å². The largest absolute Gasteiger partial charge is 0.496 e. The molecule has 1 heterocycles. The summed E-state index contributed by atoms with van der Waals surface area (Å²) < 4.78 is 34.8. The number of esters is 2. The van der Waals surface area contributed by atoms with Crippen molar-refractivity contribution in [2.45, 2.75) is 114 Å². The second-order valence-electron chi connectivity index (χ2n) is 27.6. The molecule has 9 rings (SSSR count). The fraction of sp³-hybridized carbons (Fsp3) is 0.349. The number of carbonyl (C=O) groups is 8. The first-order valence-electron chi connectivity index (χ1n) is 37.4. The SMILES string of the molecule is C=CCc1cc2ccccc2c(-c2c(OC)c(CC(NC(C)=O)C(=O)N[C@@H](CCCN=C(N)NP(C)C)C(=O)N[C@@H](CC=C)C(=O)OC)cc3ccccc23)c1OC.COC(=O)[C@@H]1CC=CCc2cc3ccccc3c(c2OC)-c2c(OC)c(cc3ccccc23)CC(NC(C)=O)C(=O)N[C@@H](CCCN=C(N)NP(C)C)C(=O)N1.[Ru]. The quantitative estimate of drug-likeness (QED) is 0.00396. The number of hydrogen-bond acceptors (Lipinski definition) is 16. The standard InChI is InChI=1S/C44H55N6O7P.C42H51N6O7P.Ru/c1-9-16-30-24-28-18-11-13-20-32(28)37(39(30)55-4)38-33-21-14-12-19-29(33)25-31(40(38)56-5)26-36(47-27(3)51)42(53)48-34(22-15-23-46-44(45)50-58(7)8)41(52)49-35(17-10-2)43(54)57-6;1-25(49)45-34-24-29-23-27-15-8-11-18-31(27)36(38(29)54-3)35-30-17-10-7-14-26(30)22-28(37(35)53-2)16-9-12-19-33(41(52)55-4)47-39(50)32(46-40(34)51)20-13-21-44-42(43)48-56(5)6;/h9-14,18-21,24-25,34-36H,1-2,15-17,22-23,26H2,3-8H3,(H,47,51)(H,48,53)(H,49,52)(H3,45,46,50);7-12,14-15,17-18,22-23,32-34H,13,16,19-21,24H2,1-6H3,(H,45,49)(H,46,51)(H,47,50)(H3,43,44,48);/t34-,35-,36?;32-,33-,34?;/m00./s1. The first-order valence-corrected chi connectivity index (χ1v) is 41.9. The summed E-state index contributed by atoms with van der Waals surface area (Å²) in [6.07, 6.45) is 9.39. The van der Waals surface area contributed by atoms with Crippen LogP contribution in [-0.2, 0) is 93.0 Å². The molecule has 8 aromatic carbocycles. The molecule has 0 aliphatic carbocycles. The predicted octanol–water partition coefficient (Wildman–Crippen LogP) is 10.2. The van der Waals surface area contributed by atoms with E-state index in [4.69, 9.17) is 39.9 Å². The van der Waals surface area contributed by atoms with Gasteiger partial charge in [-0.05, 0) is 184 Å². The number of methoxy groups -OCH3 is 6. The molecule has 1 aliphatic heterocycles. The van der Waals surface area contributed by atoms with E-state index in [1.165, 1.54) is 34.1 Å². The molecule has 0 radical (unpaired) electrons. The van der Waals surface area contributed by atoms with Crippen LogP contribution in [0, 0.1) is 0 Å². The number of carbonyl (C=O) groups excluding carboxylic acids is 8. The van der Waals surface area contributed by atoms with Gasteiger partial charge in [0, 0.05) is 81.5 Å². The Hall–Kier alpha value is -11.0. The van der Waals surface area contributed by atoms with E-state index < -0.39 is 99.8 Å². The van der Waals surface area contributed by atoms with Gasteiger partial charge in [0.2, 0.25) is 35.4 Å². The second kappa shape index (κ2) is 44.6.